The monoisotopic (exact) mass is 349 g/mol. The van der Waals surface area contributed by atoms with Gasteiger partial charge in [-0.1, -0.05) is 17.4 Å². The summed E-state index contributed by atoms with van der Waals surface area (Å²) in [4.78, 5) is 22.9. The standard InChI is InChI=1S/C16H19N3O4S/c1-16(2,3)23-15(20)18-12-6-4-5-11(9-12)17-10-13-7-8-14(24-13)19(21)22/h4-9,17H,10H2,1-3H3,(H,18,20). The molecule has 0 spiro atoms. The van der Waals surface area contributed by atoms with Crippen molar-refractivity contribution < 1.29 is 14.5 Å². The number of benzene rings is 1. The summed E-state index contributed by atoms with van der Waals surface area (Å²) in [5.41, 5.74) is 0.833. The highest BCUT2D eigenvalue weighted by Gasteiger charge is 2.16. The number of carbonyl (C=O) groups is 1. The minimum Gasteiger partial charge on any atom is -0.444 e. The molecule has 1 amide bonds. The van der Waals surface area contributed by atoms with E-state index in [1.54, 1.807) is 45.0 Å². The molecule has 0 bridgehead atoms. The van der Waals surface area contributed by atoms with E-state index in [1.807, 2.05) is 6.07 Å². The van der Waals surface area contributed by atoms with Crippen LogP contribution < -0.4 is 10.6 Å². The van der Waals surface area contributed by atoms with E-state index in [4.69, 9.17) is 4.74 Å². The molecule has 7 nitrogen and oxygen atoms in total. The molecule has 0 saturated carbocycles. The lowest BCUT2D eigenvalue weighted by Gasteiger charge is -2.19. The molecular formula is C16H19N3O4S. The number of nitrogens with zero attached hydrogens (tertiary/aromatic N) is 1. The molecule has 0 unspecified atom stereocenters. The van der Waals surface area contributed by atoms with Crippen LogP contribution in [0.15, 0.2) is 36.4 Å². The smallest absolute Gasteiger partial charge is 0.412 e. The van der Waals surface area contributed by atoms with Crippen LogP contribution in [0.5, 0.6) is 0 Å². The summed E-state index contributed by atoms with van der Waals surface area (Å²) in [7, 11) is 0. The zero-order chi connectivity index (χ0) is 17.7. The van der Waals surface area contributed by atoms with E-state index in [0.717, 1.165) is 21.9 Å². The van der Waals surface area contributed by atoms with E-state index >= 15 is 0 Å². The van der Waals surface area contributed by atoms with Gasteiger partial charge in [-0.15, -0.1) is 0 Å². The van der Waals surface area contributed by atoms with Gasteiger partial charge in [-0.3, -0.25) is 15.4 Å². The number of hydrogen-bond donors (Lipinski definition) is 2. The molecule has 128 valence electrons. The Balaban J connectivity index is 1.94. The van der Waals surface area contributed by atoms with Crippen LogP contribution in [0.4, 0.5) is 21.2 Å². The van der Waals surface area contributed by atoms with E-state index in [1.165, 1.54) is 6.07 Å². The number of nitrogens with one attached hydrogen (secondary N) is 2. The van der Waals surface area contributed by atoms with E-state index < -0.39 is 16.6 Å². The highest BCUT2D eigenvalue weighted by Crippen LogP contribution is 2.25. The molecule has 0 aliphatic carbocycles. The van der Waals surface area contributed by atoms with Crippen LogP contribution in [0.2, 0.25) is 0 Å². The summed E-state index contributed by atoms with van der Waals surface area (Å²) >= 11 is 1.13. The molecule has 1 heterocycles. The first-order chi connectivity index (χ1) is 11.2. The number of hydrogen-bond acceptors (Lipinski definition) is 6. The Kier molecular flexibility index (Phi) is 5.40. The number of nitro groups is 1. The van der Waals surface area contributed by atoms with Gasteiger partial charge >= 0.3 is 11.1 Å². The Morgan fingerprint density at radius 1 is 1.25 bits per heavy atom. The summed E-state index contributed by atoms with van der Waals surface area (Å²) in [6.07, 6.45) is -0.520. The van der Waals surface area contributed by atoms with Gasteiger partial charge in [0.2, 0.25) is 0 Å². The number of carbonyl (C=O) groups excluding carboxylic acids is 1. The van der Waals surface area contributed by atoms with E-state index in [-0.39, 0.29) is 5.00 Å². The molecule has 1 aromatic heterocycles. The van der Waals surface area contributed by atoms with Crippen LogP contribution in [0.3, 0.4) is 0 Å². The topological polar surface area (TPSA) is 93.5 Å². The van der Waals surface area contributed by atoms with Gasteiger partial charge in [-0.2, -0.15) is 0 Å². The van der Waals surface area contributed by atoms with Crippen molar-refractivity contribution in [3.63, 3.8) is 0 Å². The van der Waals surface area contributed by atoms with E-state index in [2.05, 4.69) is 10.6 Å². The van der Waals surface area contributed by atoms with Crippen molar-refractivity contribution in [3.05, 3.63) is 51.4 Å². The molecule has 0 fully saturated rings. The van der Waals surface area contributed by atoms with Crippen molar-refractivity contribution in [2.45, 2.75) is 32.9 Å². The molecule has 0 radical (unpaired) electrons. The van der Waals surface area contributed by atoms with Crippen molar-refractivity contribution in [1.29, 1.82) is 0 Å². The van der Waals surface area contributed by atoms with Gasteiger partial charge in [0.1, 0.15) is 5.60 Å². The maximum Gasteiger partial charge on any atom is 0.412 e. The zero-order valence-electron chi connectivity index (χ0n) is 13.7. The summed E-state index contributed by atoms with van der Waals surface area (Å²) in [6, 6.07) is 10.4. The number of rotatable bonds is 5. The molecule has 0 atom stereocenters. The normalized spacial score (nSPS) is 11.0. The largest absolute Gasteiger partial charge is 0.444 e. The molecule has 24 heavy (non-hydrogen) atoms. The second kappa shape index (κ2) is 7.31. The average Bonchev–Trinajstić information content (AvgIpc) is 2.92. The first-order valence-electron chi connectivity index (χ1n) is 7.30. The van der Waals surface area contributed by atoms with Crippen molar-refractivity contribution >= 4 is 33.8 Å². The molecule has 0 aliphatic heterocycles. The molecular weight excluding hydrogens is 330 g/mol. The third-order valence-corrected chi connectivity index (χ3v) is 3.84. The van der Waals surface area contributed by atoms with E-state index in [9.17, 15) is 14.9 Å². The third kappa shape index (κ3) is 5.54. The highest BCUT2D eigenvalue weighted by atomic mass is 32.1. The first-order valence-corrected chi connectivity index (χ1v) is 8.12. The van der Waals surface area contributed by atoms with Crippen molar-refractivity contribution in [2.75, 3.05) is 10.6 Å². The van der Waals surface area contributed by atoms with Crippen LogP contribution >= 0.6 is 11.3 Å². The van der Waals surface area contributed by atoms with Gasteiger partial charge in [-0.25, -0.2) is 4.79 Å². The van der Waals surface area contributed by atoms with Gasteiger partial charge in [0.15, 0.2) is 0 Å². The number of ether oxygens (including phenoxy) is 1. The SMILES string of the molecule is CC(C)(C)OC(=O)Nc1cccc(NCc2ccc([N+](=O)[O-])s2)c1. The fourth-order valence-electron chi connectivity index (χ4n) is 1.88. The fourth-order valence-corrected chi connectivity index (χ4v) is 2.64. The molecule has 1 aromatic carbocycles. The summed E-state index contributed by atoms with van der Waals surface area (Å²) in [5.74, 6) is 0. The molecule has 0 saturated heterocycles. The molecule has 8 heteroatoms. The highest BCUT2D eigenvalue weighted by molar-refractivity contribution is 7.15. The summed E-state index contributed by atoms with van der Waals surface area (Å²) < 4.78 is 5.20. The van der Waals surface area contributed by atoms with Crippen molar-refractivity contribution in [3.8, 4) is 0 Å². The van der Waals surface area contributed by atoms with Crippen molar-refractivity contribution in [1.82, 2.24) is 0 Å². The fraction of sp³-hybridized carbons (Fsp3) is 0.312. The predicted octanol–water partition coefficient (Wildman–Crippen LogP) is 4.62. The molecule has 2 N–H and O–H groups in total. The second-order valence-corrected chi connectivity index (χ2v) is 7.21. The van der Waals surface area contributed by atoms with Gasteiger partial charge < -0.3 is 10.1 Å². The molecule has 2 rings (SSSR count). The number of anilines is 2. The van der Waals surface area contributed by atoms with Crippen molar-refractivity contribution in [2.24, 2.45) is 0 Å². The quantitative estimate of drug-likeness (QED) is 0.607. The molecule has 2 aromatic rings. The summed E-state index contributed by atoms with van der Waals surface area (Å²) in [6.45, 7) is 5.86. The van der Waals surface area contributed by atoms with Crippen LogP contribution in [0.25, 0.3) is 0 Å². The van der Waals surface area contributed by atoms with Gasteiger partial charge in [-0.05, 0) is 45.0 Å². The van der Waals surface area contributed by atoms with Gasteiger partial charge in [0, 0.05) is 28.9 Å². The van der Waals surface area contributed by atoms with E-state index in [0.29, 0.717) is 12.2 Å². The predicted molar refractivity (Wildman–Crippen MR) is 94.6 cm³/mol. The van der Waals surface area contributed by atoms with Crippen LogP contribution in [-0.4, -0.2) is 16.6 Å². The lowest BCUT2D eigenvalue weighted by atomic mass is 10.2. The number of amides is 1. The second-order valence-electron chi connectivity index (χ2n) is 6.06. The number of thiophene rings is 1. The maximum absolute atomic E-state index is 11.8. The van der Waals surface area contributed by atoms with Crippen LogP contribution in [0, 0.1) is 10.1 Å². The Morgan fingerprint density at radius 2 is 1.96 bits per heavy atom. The Labute approximate surface area is 143 Å². The van der Waals surface area contributed by atoms with Crippen LogP contribution in [0.1, 0.15) is 25.6 Å². The zero-order valence-corrected chi connectivity index (χ0v) is 14.5. The van der Waals surface area contributed by atoms with Gasteiger partial charge in [0.25, 0.3) is 0 Å². The maximum atomic E-state index is 11.8. The summed E-state index contributed by atoms with van der Waals surface area (Å²) in [5, 5.41) is 16.6. The Morgan fingerprint density at radius 3 is 2.58 bits per heavy atom. The van der Waals surface area contributed by atoms with Gasteiger partial charge in [0.05, 0.1) is 4.92 Å². The lowest BCUT2D eigenvalue weighted by molar-refractivity contribution is -0.380. The minimum atomic E-state index is -0.562. The molecule has 0 aliphatic rings. The third-order valence-electron chi connectivity index (χ3n) is 2.80. The lowest BCUT2D eigenvalue weighted by Crippen LogP contribution is -2.27. The first kappa shape index (κ1) is 17.7. The Bertz CT molecular complexity index is 737. The average molecular weight is 349 g/mol. The minimum absolute atomic E-state index is 0.118. The van der Waals surface area contributed by atoms with Crippen LogP contribution in [-0.2, 0) is 11.3 Å². The Hall–Kier alpha value is -2.61.